The van der Waals surface area contributed by atoms with Gasteiger partial charge in [-0.2, -0.15) is 0 Å². The van der Waals surface area contributed by atoms with Gasteiger partial charge >= 0.3 is 11.9 Å². The summed E-state index contributed by atoms with van der Waals surface area (Å²) in [7, 11) is 0. The van der Waals surface area contributed by atoms with Crippen molar-refractivity contribution < 1.29 is 23.8 Å². The van der Waals surface area contributed by atoms with Crippen molar-refractivity contribution in [3.8, 4) is 0 Å². The molecule has 0 bridgehead atoms. The highest BCUT2D eigenvalue weighted by Crippen LogP contribution is 2.14. The van der Waals surface area contributed by atoms with Gasteiger partial charge in [-0.3, -0.25) is 9.59 Å². The summed E-state index contributed by atoms with van der Waals surface area (Å²) in [6.45, 7) is 7.79. The van der Waals surface area contributed by atoms with Crippen molar-refractivity contribution >= 4 is 11.9 Å². The van der Waals surface area contributed by atoms with Crippen LogP contribution < -0.4 is 0 Å². The maximum absolute atomic E-state index is 12.8. The average Bonchev–Trinajstić information content (AvgIpc) is 3.25. The van der Waals surface area contributed by atoms with Gasteiger partial charge < -0.3 is 14.2 Å². The average molecular weight is 843 g/mol. The third-order valence-electron chi connectivity index (χ3n) is 11.6. The molecule has 0 heterocycles. The first-order valence-corrected chi connectivity index (χ1v) is 26.5. The molecule has 1 atom stereocenters. The number of unbranched alkanes of at least 4 members (excludes halogenated alkanes) is 32. The Morgan fingerprint density at radius 2 is 0.667 bits per heavy atom. The zero-order valence-electron chi connectivity index (χ0n) is 40.5. The van der Waals surface area contributed by atoms with E-state index in [4.69, 9.17) is 14.2 Å². The van der Waals surface area contributed by atoms with Gasteiger partial charge in [-0.15, -0.1) is 0 Å². The molecular weight excluding hydrogens is 741 g/mol. The normalized spacial score (nSPS) is 12.4. The SMILES string of the molecule is CCCC/C=C\CCCCCCCC(=O)OC(COCCCCCCCC/C=C\CCCCCCCC)COC(=O)CCCCCCCCC/C=C\CCCCCCCC. The van der Waals surface area contributed by atoms with E-state index in [1.807, 2.05) is 0 Å². The molecule has 5 nitrogen and oxygen atoms in total. The van der Waals surface area contributed by atoms with Gasteiger partial charge in [-0.05, 0) is 89.9 Å². The fraction of sp³-hybridized carbons (Fsp3) is 0.855. The van der Waals surface area contributed by atoms with E-state index >= 15 is 0 Å². The van der Waals surface area contributed by atoms with Crippen molar-refractivity contribution in [3.63, 3.8) is 0 Å². The predicted molar refractivity (Wildman–Crippen MR) is 261 cm³/mol. The van der Waals surface area contributed by atoms with Gasteiger partial charge in [0.2, 0.25) is 0 Å². The van der Waals surface area contributed by atoms with Crippen LogP contribution in [0.1, 0.15) is 278 Å². The topological polar surface area (TPSA) is 61.8 Å². The highest BCUT2D eigenvalue weighted by atomic mass is 16.6. The lowest BCUT2D eigenvalue weighted by atomic mass is 10.1. The number of esters is 2. The second kappa shape index (κ2) is 51.5. The first-order valence-electron chi connectivity index (χ1n) is 26.5. The number of carbonyl (C=O) groups excluding carboxylic acids is 2. The number of hydrogen-bond acceptors (Lipinski definition) is 5. The van der Waals surface area contributed by atoms with Gasteiger partial charge in [0.05, 0.1) is 6.61 Å². The van der Waals surface area contributed by atoms with Gasteiger partial charge in [0.1, 0.15) is 6.61 Å². The number of carbonyl (C=O) groups is 2. The van der Waals surface area contributed by atoms with Crippen LogP contribution >= 0.6 is 0 Å². The van der Waals surface area contributed by atoms with E-state index in [0.717, 1.165) is 51.4 Å². The second-order valence-electron chi connectivity index (χ2n) is 17.8. The molecule has 0 radical (unpaired) electrons. The minimum atomic E-state index is -0.541. The monoisotopic (exact) mass is 843 g/mol. The van der Waals surface area contributed by atoms with Crippen LogP contribution in [-0.4, -0.2) is 37.9 Å². The molecule has 5 heteroatoms. The molecule has 1 unspecified atom stereocenters. The number of ether oxygens (including phenoxy) is 3. The molecule has 0 aliphatic carbocycles. The van der Waals surface area contributed by atoms with E-state index in [1.165, 1.54) is 193 Å². The number of allylic oxidation sites excluding steroid dienone is 6. The molecule has 0 rings (SSSR count). The van der Waals surface area contributed by atoms with E-state index in [2.05, 4.69) is 57.2 Å². The third-order valence-corrected chi connectivity index (χ3v) is 11.6. The molecule has 0 aromatic rings. The Bertz CT molecular complexity index is 955. The van der Waals surface area contributed by atoms with E-state index in [9.17, 15) is 9.59 Å². The summed E-state index contributed by atoms with van der Waals surface area (Å²) in [5.41, 5.74) is 0. The van der Waals surface area contributed by atoms with Gasteiger partial charge in [-0.25, -0.2) is 0 Å². The Morgan fingerprint density at radius 3 is 1.07 bits per heavy atom. The van der Waals surface area contributed by atoms with Gasteiger partial charge in [0.15, 0.2) is 6.10 Å². The van der Waals surface area contributed by atoms with Crippen molar-refractivity contribution in [1.82, 2.24) is 0 Å². The molecule has 352 valence electrons. The molecule has 0 fully saturated rings. The maximum Gasteiger partial charge on any atom is 0.306 e. The molecule has 0 amide bonds. The minimum absolute atomic E-state index is 0.0805. The van der Waals surface area contributed by atoms with Crippen LogP contribution in [0.5, 0.6) is 0 Å². The summed E-state index contributed by atoms with van der Waals surface area (Å²) in [4.78, 5) is 25.4. The molecular formula is C55H102O5. The van der Waals surface area contributed by atoms with Crippen molar-refractivity contribution in [3.05, 3.63) is 36.5 Å². The summed E-state index contributed by atoms with van der Waals surface area (Å²) >= 11 is 0. The lowest BCUT2D eigenvalue weighted by Crippen LogP contribution is -2.30. The van der Waals surface area contributed by atoms with Crippen molar-refractivity contribution in [2.45, 2.75) is 284 Å². The molecule has 0 aliphatic heterocycles. The highest BCUT2D eigenvalue weighted by molar-refractivity contribution is 5.70. The van der Waals surface area contributed by atoms with Gasteiger partial charge in [0, 0.05) is 19.4 Å². The van der Waals surface area contributed by atoms with Gasteiger partial charge in [-0.1, -0.05) is 211 Å². The highest BCUT2D eigenvalue weighted by Gasteiger charge is 2.17. The van der Waals surface area contributed by atoms with Crippen LogP contribution in [0.15, 0.2) is 36.5 Å². The quantitative estimate of drug-likeness (QED) is 0.0347. The summed E-state index contributed by atoms with van der Waals surface area (Å²) < 4.78 is 17.4. The van der Waals surface area contributed by atoms with Crippen LogP contribution in [0.2, 0.25) is 0 Å². The third kappa shape index (κ3) is 48.8. The zero-order valence-corrected chi connectivity index (χ0v) is 40.5. The van der Waals surface area contributed by atoms with Crippen molar-refractivity contribution in [2.75, 3.05) is 19.8 Å². The Kier molecular flexibility index (Phi) is 49.9. The second-order valence-corrected chi connectivity index (χ2v) is 17.8. The van der Waals surface area contributed by atoms with E-state index < -0.39 is 6.10 Å². The molecule has 0 aromatic heterocycles. The fourth-order valence-electron chi connectivity index (χ4n) is 7.60. The maximum atomic E-state index is 12.8. The zero-order chi connectivity index (χ0) is 43.5. The summed E-state index contributed by atoms with van der Waals surface area (Å²) in [6.07, 6.45) is 61.5. The number of hydrogen-bond donors (Lipinski definition) is 0. The Labute approximate surface area is 374 Å². The van der Waals surface area contributed by atoms with Crippen LogP contribution in [-0.2, 0) is 23.8 Å². The standard InChI is InChI=1S/C55H102O5/c1-4-7-10-13-16-19-22-24-26-28-29-31-34-36-39-42-45-48-54(56)59-52-53(60-55(57)49-46-43-40-37-33-21-18-15-12-9-6-3)51-58-50-47-44-41-38-35-32-30-27-25-23-20-17-14-11-8-5-2/h15,18,24-27,53H,4-14,16-17,19-23,28-52H2,1-3H3/b18-15-,26-24-,27-25-. The largest absolute Gasteiger partial charge is 0.462 e. The first kappa shape index (κ1) is 58.1. The van der Waals surface area contributed by atoms with Gasteiger partial charge in [0.25, 0.3) is 0 Å². The summed E-state index contributed by atoms with van der Waals surface area (Å²) in [6, 6.07) is 0. The molecule has 0 saturated carbocycles. The van der Waals surface area contributed by atoms with Crippen LogP contribution in [0.4, 0.5) is 0 Å². The predicted octanol–water partition coefficient (Wildman–Crippen LogP) is 17.8. The van der Waals surface area contributed by atoms with Crippen LogP contribution in [0.25, 0.3) is 0 Å². The molecule has 0 N–H and O–H groups in total. The smallest absolute Gasteiger partial charge is 0.306 e. The fourth-order valence-corrected chi connectivity index (χ4v) is 7.60. The van der Waals surface area contributed by atoms with Crippen molar-refractivity contribution in [1.29, 1.82) is 0 Å². The van der Waals surface area contributed by atoms with Crippen molar-refractivity contribution in [2.24, 2.45) is 0 Å². The molecule has 60 heavy (non-hydrogen) atoms. The summed E-state index contributed by atoms with van der Waals surface area (Å²) in [5.74, 6) is -0.405. The van der Waals surface area contributed by atoms with Crippen LogP contribution in [0, 0.1) is 0 Å². The van der Waals surface area contributed by atoms with E-state index in [0.29, 0.717) is 19.4 Å². The van der Waals surface area contributed by atoms with E-state index in [1.54, 1.807) is 0 Å². The molecule has 0 saturated heterocycles. The number of rotatable bonds is 49. The minimum Gasteiger partial charge on any atom is -0.462 e. The summed E-state index contributed by atoms with van der Waals surface area (Å²) in [5, 5.41) is 0. The Hall–Kier alpha value is -1.88. The lowest BCUT2D eigenvalue weighted by Gasteiger charge is -2.18. The Morgan fingerprint density at radius 1 is 0.350 bits per heavy atom. The lowest BCUT2D eigenvalue weighted by molar-refractivity contribution is -0.163. The molecule has 0 aromatic carbocycles. The molecule has 0 spiro atoms. The van der Waals surface area contributed by atoms with Crippen LogP contribution in [0.3, 0.4) is 0 Å². The first-order chi connectivity index (χ1) is 29.6. The van der Waals surface area contributed by atoms with E-state index in [-0.39, 0.29) is 25.2 Å². The Balaban J connectivity index is 4.22. The molecule has 0 aliphatic rings.